The number of carbonyl (C=O) groups excluding carboxylic acids is 3. The molecule has 0 saturated heterocycles. The molecule has 1 aliphatic carbocycles. The van der Waals surface area contributed by atoms with E-state index in [2.05, 4.69) is 21.1 Å². The van der Waals surface area contributed by atoms with Gasteiger partial charge in [-0.25, -0.2) is 0 Å². The standard InChI is InChI=1S/C23H29N5O4/c1-15(29)19-10-11-20(22(21(19)24)28-32-3)27-18-9-7-8-17(14-18)23(31)26-13-6-4-5-12-25-16(2)30/h7-11,14,24,27H,4-6,12-13H2,1-3H3,(H,25,30)(H,26,31)/b24-21?,28-22-. The highest BCUT2D eigenvalue weighted by Crippen LogP contribution is 2.19. The number of unbranched alkanes of at least 4 members (excludes halogenated alkanes) is 2. The normalized spacial score (nSPS) is 14.3. The molecule has 1 aliphatic rings. The Labute approximate surface area is 187 Å². The first-order valence-electron chi connectivity index (χ1n) is 10.4. The number of nitrogens with zero attached hydrogens (tertiary/aromatic N) is 1. The van der Waals surface area contributed by atoms with Crippen LogP contribution in [0.1, 0.15) is 43.5 Å². The molecule has 2 rings (SSSR count). The monoisotopic (exact) mass is 439 g/mol. The quantitative estimate of drug-likeness (QED) is 0.239. The minimum Gasteiger partial charge on any atom is -0.399 e. The van der Waals surface area contributed by atoms with Crippen LogP contribution in [-0.2, 0) is 14.4 Å². The highest BCUT2D eigenvalue weighted by atomic mass is 16.6. The molecule has 0 fully saturated rings. The molecule has 4 N–H and O–H groups in total. The number of hydrogen-bond acceptors (Lipinski definition) is 7. The van der Waals surface area contributed by atoms with Crippen molar-refractivity contribution in [3.63, 3.8) is 0 Å². The SMILES string of the molecule is CO/N=C1\C(=N)C(C(C)=O)=CC=C1Nc1cccc(C(=O)NCCCCCNC(C)=O)c1. The van der Waals surface area contributed by atoms with Gasteiger partial charge in [-0.2, -0.15) is 0 Å². The molecule has 0 saturated carbocycles. The molecule has 0 bridgehead atoms. The summed E-state index contributed by atoms with van der Waals surface area (Å²) in [6.45, 7) is 4.06. The number of rotatable bonds is 11. The lowest BCUT2D eigenvalue weighted by atomic mass is 9.95. The summed E-state index contributed by atoms with van der Waals surface area (Å²) in [5.74, 6) is -0.461. The number of allylic oxidation sites excluding steroid dienone is 4. The average Bonchev–Trinajstić information content (AvgIpc) is 2.75. The van der Waals surface area contributed by atoms with Crippen molar-refractivity contribution in [1.82, 2.24) is 10.6 Å². The lowest BCUT2D eigenvalue weighted by Gasteiger charge is -2.18. The topological polar surface area (TPSA) is 133 Å². The zero-order chi connectivity index (χ0) is 23.5. The van der Waals surface area contributed by atoms with Gasteiger partial charge >= 0.3 is 0 Å². The molecule has 2 amide bonds. The molecule has 0 spiro atoms. The maximum absolute atomic E-state index is 12.5. The second-order valence-corrected chi connectivity index (χ2v) is 7.22. The third-order valence-electron chi connectivity index (χ3n) is 4.66. The number of ketones is 1. The summed E-state index contributed by atoms with van der Waals surface area (Å²) in [6.07, 6.45) is 5.80. The van der Waals surface area contributed by atoms with Gasteiger partial charge in [-0.05, 0) is 56.5 Å². The van der Waals surface area contributed by atoms with E-state index in [1.807, 2.05) is 0 Å². The third-order valence-corrected chi connectivity index (χ3v) is 4.66. The Morgan fingerprint density at radius 2 is 1.75 bits per heavy atom. The molecule has 0 atom stereocenters. The number of Topliss-reactive ketones (excluding diaryl/α,β-unsaturated/α-hetero) is 1. The van der Waals surface area contributed by atoms with E-state index in [9.17, 15) is 14.4 Å². The van der Waals surface area contributed by atoms with Crippen molar-refractivity contribution in [3.8, 4) is 0 Å². The minimum atomic E-state index is -0.233. The molecule has 9 heteroatoms. The Morgan fingerprint density at radius 1 is 1.03 bits per heavy atom. The summed E-state index contributed by atoms with van der Waals surface area (Å²) in [7, 11) is 1.37. The van der Waals surface area contributed by atoms with Gasteiger partial charge in [-0.15, -0.1) is 0 Å². The smallest absolute Gasteiger partial charge is 0.251 e. The Bertz CT molecular complexity index is 978. The van der Waals surface area contributed by atoms with Gasteiger partial charge in [0.05, 0.1) is 11.4 Å². The zero-order valence-corrected chi connectivity index (χ0v) is 18.6. The fourth-order valence-corrected chi connectivity index (χ4v) is 3.06. The van der Waals surface area contributed by atoms with Crippen LogP contribution in [0.25, 0.3) is 0 Å². The van der Waals surface area contributed by atoms with E-state index in [1.165, 1.54) is 21.0 Å². The highest BCUT2D eigenvalue weighted by Gasteiger charge is 2.24. The van der Waals surface area contributed by atoms with Crippen molar-refractivity contribution in [2.24, 2.45) is 5.16 Å². The fourth-order valence-electron chi connectivity index (χ4n) is 3.06. The number of carbonyl (C=O) groups is 3. The summed E-state index contributed by atoms with van der Waals surface area (Å²) in [5.41, 5.74) is 2.03. The van der Waals surface area contributed by atoms with Gasteiger partial charge in [0, 0.05) is 36.8 Å². The maximum Gasteiger partial charge on any atom is 0.251 e. The van der Waals surface area contributed by atoms with Gasteiger partial charge in [-0.1, -0.05) is 11.2 Å². The van der Waals surface area contributed by atoms with Crippen LogP contribution in [0.2, 0.25) is 0 Å². The lowest BCUT2D eigenvalue weighted by molar-refractivity contribution is -0.119. The van der Waals surface area contributed by atoms with E-state index in [0.717, 1.165) is 19.3 Å². The van der Waals surface area contributed by atoms with Crippen LogP contribution in [0.4, 0.5) is 5.69 Å². The molecular weight excluding hydrogens is 410 g/mol. The van der Waals surface area contributed by atoms with Crippen LogP contribution >= 0.6 is 0 Å². The zero-order valence-electron chi connectivity index (χ0n) is 18.6. The molecule has 0 aromatic heterocycles. The largest absolute Gasteiger partial charge is 0.399 e. The fraction of sp³-hybridized carbons (Fsp3) is 0.348. The van der Waals surface area contributed by atoms with Crippen molar-refractivity contribution in [1.29, 1.82) is 5.41 Å². The summed E-state index contributed by atoms with van der Waals surface area (Å²) in [4.78, 5) is 39.9. The summed E-state index contributed by atoms with van der Waals surface area (Å²) in [5, 5.41) is 20.9. The number of amides is 2. The second-order valence-electron chi connectivity index (χ2n) is 7.22. The first kappa shape index (κ1) is 24.5. The van der Waals surface area contributed by atoms with Crippen molar-refractivity contribution in [2.45, 2.75) is 33.1 Å². The number of oxime groups is 1. The van der Waals surface area contributed by atoms with Gasteiger partial charge in [0.1, 0.15) is 7.11 Å². The number of hydrogen-bond donors (Lipinski definition) is 4. The van der Waals surface area contributed by atoms with E-state index in [-0.39, 0.29) is 34.6 Å². The Hall–Kier alpha value is -3.75. The van der Waals surface area contributed by atoms with Crippen LogP contribution < -0.4 is 16.0 Å². The average molecular weight is 440 g/mol. The first-order chi connectivity index (χ1) is 15.3. The van der Waals surface area contributed by atoms with Gasteiger partial charge in [-0.3, -0.25) is 19.8 Å². The molecular formula is C23H29N5O4. The van der Waals surface area contributed by atoms with Gasteiger partial charge in [0.25, 0.3) is 5.91 Å². The summed E-state index contributed by atoms with van der Waals surface area (Å²) >= 11 is 0. The number of anilines is 1. The highest BCUT2D eigenvalue weighted by molar-refractivity contribution is 6.58. The van der Waals surface area contributed by atoms with Crippen molar-refractivity contribution in [2.75, 3.05) is 25.5 Å². The molecule has 0 radical (unpaired) electrons. The van der Waals surface area contributed by atoms with E-state index >= 15 is 0 Å². The van der Waals surface area contributed by atoms with Crippen LogP contribution in [0.3, 0.4) is 0 Å². The molecule has 32 heavy (non-hydrogen) atoms. The van der Waals surface area contributed by atoms with E-state index < -0.39 is 0 Å². The predicted molar refractivity (Wildman–Crippen MR) is 124 cm³/mol. The minimum absolute atomic E-state index is 0.0308. The van der Waals surface area contributed by atoms with E-state index in [0.29, 0.717) is 30.0 Å². The Balaban J connectivity index is 1.98. The molecule has 0 heterocycles. The van der Waals surface area contributed by atoms with Crippen molar-refractivity contribution in [3.05, 3.63) is 53.3 Å². The Morgan fingerprint density at radius 3 is 2.41 bits per heavy atom. The first-order valence-corrected chi connectivity index (χ1v) is 10.4. The van der Waals surface area contributed by atoms with Gasteiger partial charge in [0.2, 0.25) is 5.91 Å². The number of nitrogens with one attached hydrogen (secondary N) is 4. The van der Waals surface area contributed by atoms with Crippen molar-refractivity contribution >= 4 is 34.7 Å². The van der Waals surface area contributed by atoms with Gasteiger partial charge in [0.15, 0.2) is 11.5 Å². The van der Waals surface area contributed by atoms with Gasteiger partial charge < -0.3 is 20.8 Å². The van der Waals surface area contributed by atoms with Crippen molar-refractivity contribution < 1.29 is 19.2 Å². The Kier molecular flexibility index (Phi) is 9.34. The lowest BCUT2D eigenvalue weighted by Crippen LogP contribution is -2.28. The van der Waals surface area contributed by atoms with E-state index in [4.69, 9.17) is 10.2 Å². The number of benzene rings is 1. The molecule has 1 aromatic rings. The summed E-state index contributed by atoms with van der Waals surface area (Å²) in [6, 6.07) is 6.96. The van der Waals surface area contributed by atoms with Crippen LogP contribution in [0.15, 0.2) is 52.8 Å². The summed E-state index contributed by atoms with van der Waals surface area (Å²) < 4.78 is 0. The maximum atomic E-state index is 12.5. The molecule has 170 valence electrons. The molecule has 0 aliphatic heterocycles. The van der Waals surface area contributed by atoms with Crippen LogP contribution in [-0.4, -0.2) is 49.2 Å². The van der Waals surface area contributed by atoms with Crippen LogP contribution in [0, 0.1) is 5.41 Å². The second kappa shape index (κ2) is 12.2. The molecule has 0 unspecified atom stereocenters. The molecule has 9 nitrogen and oxygen atoms in total. The van der Waals surface area contributed by atoms with Crippen LogP contribution in [0.5, 0.6) is 0 Å². The predicted octanol–water partition coefficient (Wildman–Crippen LogP) is 2.57. The third kappa shape index (κ3) is 7.19. The molecule has 1 aromatic carbocycles. The van der Waals surface area contributed by atoms with E-state index in [1.54, 1.807) is 36.4 Å².